The minimum Gasteiger partial charge on any atom is -0.305 e. The van der Waals surface area contributed by atoms with Crippen LogP contribution in [0.4, 0.5) is 0 Å². The smallest absolute Gasteiger partial charge is 0.0597 e. The zero-order chi connectivity index (χ0) is 13.0. The van der Waals surface area contributed by atoms with E-state index in [1.807, 2.05) is 13.0 Å². The number of nitrogens with one attached hydrogen (secondary N) is 1. The lowest BCUT2D eigenvalue weighted by molar-refractivity contribution is 0.531. The van der Waals surface area contributed by atoms with E-state index in [2.05, 4.69) is 59.3 Å². The predicted molar refractivity (Wildman–Crippen MR) is 74.3 cm³/mol. The van der Waals surface area contributed by atoms with Gasteiger partial charge in [0.25, 0.3) is 0 Å². The Kier molecular flexibility index (Phi) is 4.15. The molecule has 0 radical (unpaired) electrons. The van der Waals surface area contributed by atoms with Gasteiger partial charge in [0.05, 0.1) is 11.4 Å². The van der Waals surface area contributed by atoms with Crippen molar-refractivity contribution in [3.05, 3.63) is 53.3 Å². The van der Waals surface area contributed by atoms with E-state index < -0.39 is 0 Å². The van der Waals surface area contributed by atoms with Gasteiger partial charge >= 0.3 is 0 Å². The van der Waals surface area contributed by atoms with Crippen molar-refractivity contribution in [1.82, 2.24) is 15.1 Å². The normalized spacial score (nSPS) is 12.6. The first-order chi connectivity index (χ1) is 8.70. The lowest BCUT2D eigenvalue weighted by Crippen LogP contribution is -2.20. The maximum absolute atomic E-state index is 4.46. The Balaban J connectivity index is 1.99. The van der Waals surface area contributed by atoms with E-state index in [0.717, 1.165) is 18.8 Å². The van der Waals surface area contributed by atoms with Crippen LogP contribution in [-0.4, -0.2) is 9.78 Å². The third kappa shape index (κ3) is 2.99. The van der Waals surface area contributed by atoms with Crippen molar-refractivity contribution in [2.24, 2.45) is 0 Å². The maximum atomic E-state index is 4.46. The topological polar surface area (TPSA) is 29.9 Å². The molecule has 0 bridgehead atoms. The van der Waals surface area contributed by atoms with Crippen LogP contribution < -0.4 is 5.32 Å². The van der Waals surface area contributed by atoms with Crippen molar-refractivity contribution < 1.29 is 0 Å². The molecule has 96 valence electrons. The van der Waals surface area contributed by atoms with Gasteiger partial charge in [-0.15, -0.1) is 0 Å². The van der Waals surface area contributed by atoms with Crippen LogP contribution in [0.25, 0.3) is 0 Å². The van der Waals surface area contributed by atoms with Crippen LogP contribution in [0.3, 0.4) is 0 Å². The second-order valence-corrected chi connectivity index (χ2v) is 4.61. The van der Waals surface area contributed by atoms with E-state index >= 15 is 0 Å². The molecule has 3 nitrogen and oxygen atoms in total. The molecule has 1 atom stereocenters. The number of aryl methyl sites for hydroxylation is 2. The first kappa shape index (κ1) is 12.8. The van der Waals surface area contributed by atoms with Gasteiger partial charge in [0, 0.05) is 19.1 Å². The Morgan fingerprint density at radius 1 is 1.28 bits per heavy atom. The molecular weight excluding hydrogens is 222 g/mol. The quantitative estimate of drug-likeness (QED) is 0.874. The predicted octanol–water partition coefficient (Wildman–Crippen LogP) is 3.06. The number of benzene rings is 1. The summed E-state index contributed by atoms with van der Waals surface area (Å²) in [6.45, 7) is 8.12. The molecule has 0 amide bonds. The number of hydrogen-bond donors (Lipinski definition) is 1. The van der Waals surface area contributed by atoms with Gasteiger partial charge in [-0.3, -0.25) is 4.68 Å². The van der Waals surface area contributed by atoms with Gasteiger partial charge in [0.2, 0.25) is 0 Å². The molecular formula is C15H21N3. The van der Waals surface area contributed by atoms with Gasteiger partial charge in [0.15, 0.2) is 0 Å². The molecule has 1 N–H and O–H groups in total. The Morgan fingerprint density at radius 3 is 2.67 bits per heavy atom. The van der Waals surface area contributed by atoms with Crippen LogP contribution in [0.2, 0.25) is 0 Å². The van der Waals surface area contributed by atoms with Gasteiger partial charge < -0.3 is 5.32 Å². The molecule has 0 saturated carbocycles. The molecule has 1 heterocycles. The van der Waals surface area contributed by atoms with E-state index in [-0.39, 0.29) is 0 Å². The SMILES string of the molecule is CCn1nc(C)cc1CN[C@H](C)c1ccccc1. The molecule has 0 saturated heterocycles. The monoisotopic (exact) mass is 243 g/mol. The number of nitrogens with zero attached hydrogens (tertiary/aromatic N) is 2. The van der Waals surface area contributed by atoms with Crippen molar-refractivity contribution in [2.45, 2.75) is 39.9 Å². The van der Waals surface area contributed by atoms with Crippen molar-refractivity contribution >= 4 is 0 Å². The second-order valence-electron chi connectivity index (χ2n) is 4.61. The molecule has 2 aromatic rings. The van der Waals surface area contributed by atoms with Crippen LogP contribution in [0.5, 0.6) is 0 Å². The molecule has 1 aromatic carbocycles. The largest absolute Gasteiger partial charge is 0.305 e. The van der Waals surface area contributed by atoms with Crippen molar-refractivity contribution in [3.63, 3.8) is 0 Å². The van der Waals surface area contributed by atoms with Crippen LogP contribution >= 0.6 is 0 Å². The molecule has 18 heavy (non-hydrogen) atoms. The fourth-order valence-electron chi connectivity index (χ4n) is 2.13. The molecule has 0 aliphatic heterocycles. The lowest BCUT2D eigenvalue weighted by Gasteiger charge is -2.14. The van der Waals surface area contributed by atoms with Crippen LogP contribution in [0.15, 0.2) is 36.4 Å². The Hall–Kier alpha value is -1.61. The summed E-state index contributed by atoms with van der Waals surface area (Å²) in [4.78, 5) is 0. The molecule has 0 fully saturated rings. The molecule has 3 heteroatoms. The third-order valence-electron chi connectivity index (χ3n) is 3.17. The van der Waals surface area contributed by atoms with Crippen molar-refractivity contribution in [1.29, 1.82) is 0 Å². The van der Waals surface area contributed by atoms with Gasteiger partial charge in [-0.1, -0.05) is 30.3 Å². The number of aromatic nitrogens is 2. The Morgan fingerprint density at radius 2 is 2.00 bits per heavy atom. The molecule has 2 rings (SSSR count). The van der Waals surface area contributed by atoms with Gasteiger partial charge in [0.1, 0.15) is 0 Å². The fraction of sp³-hybridized carbons (Fsp3) is 0.400. The molecule has 0 aliphatic rings. The summed E-state index contributed by atoms with van der Waals surface area (Å²) < 4.78 is 2.06. The summed E-state index contributed by atoms with van der Waals surface area (Å²) >= 11 is 0. The minimum absolute atomic E-state index is 0.353. The van der Waals surface area contributed by atoms with Crippen molar-refractivity contribution in [3.8, 4) is 0 Å². The highest BCUT2D eigenvalue weighted by Gasteiger charge is 2.07. The van der Waals surface area contributed by atoms with E-state index in [0.29, 0.717) is 6.04 Å². The molecule has 0 unspecified atom stereocenters. The van der Waals surface area contributed by atoms with Gasteiger partial charge in [-0.25, -0.2) is 0 Å². The average Bonchev–Trinajstić information content (AvgIpc) is 2.77. The molecule has 0 aliphatic carbocycles. The standard InChI is InChI=1S/C15H21N3/c1-4-18-15(10-12(2)17-18)11-16-13(3)14-8-6-5-7-9-14/h5-10,13,16H,4,11H2,1-3H3/t13-/m1/s1. The highest BCUT2D eigenvalue weighted by Crippen LogP contribution is 2.12. The number of rotatable bonds is 5. The highest BCUT2D eigenvalue weighted by molar-refractivity contribution is 5.18. The summed E-state index contributed by atoms with van der Waals surface area (Å²) in [6, 6.07) is 13.0. The van der Waals surface area contributed by atoms with E-state index in [9.17, 15) is 0 Å². The van der Waals surface area contributed by atoms with E-state index in [1.165, 1.54) is 11.3 Å². The average molecular weight is 243 g/mol. The summed E-state index contributed by atoms with van der Waals surface area (Å²) in [6.07, 6.45) is 0. The fourth-order valence-corrected chi connectivity index (χ4v) is 2.13. The highest BCUT2D eigenvalue weighted by atomic mass is 15.3. The summed E-state index contributed by atoms with van der Waals surface area (Å²) in [7, 11) is 0. The van der Waals surface area contributed by atoms with Crippen molar-refractivity contribution in [2.75, 3.05) is 0 Å². The van der Waals surface area contributed by atoms with Crippen LogP contribution in [-0.2, 0) is 13.1 Å². The summed E-state index contributed by atoms with van der Waals surface area (Å²) in [5.74, 6) is 0. The number of hydrogen-bond acceptors (Lipinski definition) is 2. The zero-order valence-electron chi connectivity index (χ0n) is 11.4. The van der Waals surface area contributed by atoms with E-state index in [4.69, 9.17) is 0 Å². The zero-order valence-corrected chi connectivity index (χ0v) is 11.4. The summed E-state index contributed by atoms with van der Waals surface area (Å²) in [5, 5.41) is 8.00. The molecule has 1 aromatic heterocycles. The Labute approximate surface area is 109 Å². The minimum atomic E-state index is 0.353. The summed E-state index contributed by atoms with van der Waals surface area (Å²) in [5.41, 5.74) is 3.65. The third-order valence-corrected chi connectivity index (χ3v) is 3.17. The maximum Gasteiger partial charge on any atom is 0.0597 e. The lowest BCUT2D eigenvalue weighted by atomic mass is 10.1. The Bertz CT molecular complexity index is 488. The van der Waals surface area contributed by atoms with E-state index in [1.54, 1.807) is 0 Å². The second kappa shape index (κ2) is 5.83. The molecule has 0 spiro atoms. The first-order valence-electron chi connectivity index (χ1n) is 6.52. The van der Waals surface area contributed by atoms with Gasteiger partial charge in [-0.2, -0.15) is 5.10 Å². The van der Waals surface area contributed by atoms with Gasteiger partial charge in [-0.05, 0) is 32.4 Å². The van der Waals surface area contributed by atoms with Crippen LogP contribution in [0.1, 0.15) is 36.8 Å². The first-order valence-corrected chi connectivity index (χ1v) is 6.52. The van der Waals surface area contributed by atoms with Crippen LogP contribution in [0, 0.1) is 6.92 Å².